The maximum Gasteiger partial charge on any atom is 0.125 e. The monoisotopic (exact) mass is 321 g/mol. The van der Waals surface area contributed by atoms with Crippen molar-refractivity contribution in [2.24, 2.45) is 0 Å². The minimum Gasteiger partial charge on any atom is -0.492 e. The van der Waals surface area contributed by atoms with Crippen LogP contribution in [0.3, 0.4) is 0 Å². The molecule has 2 rings (SSSR count). The van der Waals surface area contributed by atoms with Crippen LogP contribution in [0.25, 0.3) is 0 Å². The second-order valence-corrected chi connectivity index (χ2v) is 4.99. The van der Waals surface area contributed by atoms with Crippen LogP contribution >= 0.6 is 15.9 Å². The molecule has 0 bridgehead atoms. The van der Waals surface area contributed by atoms with Gasteiger partial charge in [0.15, 0.2) is 0 Å². The van der Waals surface area contributed by atoms with E-state index in [1.54, 1.807) is 6.20 Å². The van der Waals surface area contributed by atoms with E-state index in [-0.39, 0.29) is 0 Å². The highest BCUT2D eigenvalue weighted by atomic mass is 79.9. The maximum absolute atomic E-state index is 5.62. The lowest BCUT2D eigenvalue weighted by Gasteiger charge is -2.07. The van der Waals surface area contributed by atoms with Crippen molar-refractivity contribution in [2.75, 3.05) is 13.2 Å². The molecule has 0 aliphatic carbocycles. The van der Waals surface area contributed by atoms with Crippen LogP contribution in [0.5, 0.6) is 5.75 Å². The molecule has 0 spiro atoms. The lowest BCUT2D eigenvalue weighted by Crippen LogP contribution is -2.21. The van der Waals surface area contributed by atoms with Crippen molar-refractivity contribution in [3.8, 4) is 5.75 Å². The standard InChI is InChI=1S/C14H16BrN3O/c1-11-17-6-5-13(18-11)10-16-7-8-19-14-4-2-3-12(15)9-14/h2-6,9,16H,7-8,10H2,1H3. The summed E-state index contributed by atoms with van der Waals surface area (Å²) in [5.74, 6) is 1.67. The molecule has 1 aromatic heterocycles. The molecule has 0 saturated heterocycles. The van der Waals surface area contributed by atoms with Crippen molar-refractivity contribution in [2.45, 2.75) is 13.5 Å². The Morgan fingerprint density at radius 3 is 3.00 bits per heavy atom. The van der Waals surface area contributed by atoms with Gasteiger partial charge in [-0.05, 0) is 31.2 Å². The van der Waals surface area contributed by atoms with Gasteiger partial charge in [-0.1, -0.05) is 22.0 Å². The van der Waals surface area contributed by atoms with Gasteiger partial charge in [0, 0.05) is 23.8 Å². The van der Waals surface area contributed by atoms with E-state index < -0.39 is 0 Å². The molecule has 0 saturated carbocycles. The zero-order valence-electron chi connectivity index (χ0n) is 10.8. The van der Waals surface area contributed by atoms with Gasteiger partial charge in [0.25, 0.3) is 0 Å². The first-order valence-electron chi connectivity index (χ1n) is 6.11. The highest BCUT2D eigenvalue weighted by molar-refractivity contribution is 9.10. The summed E-state index contributed by atoms with van der Waals surface area (Å²) < 4.78 is 6.65. The Balaban J connectivity index is 1.67. The highest BCUT2D eigenvalue weighted by Crippen LogP contribution is 2.17. The summed E-state index contributed by atoms with van der Waals surface area (Å²) >= 11 is 3.41. The molecule has 0 atom stereocenters. The number of benzene rings is 1. The number of hydrogen-bond donors (Lipinski definition) is 1. The quantitative estimate of drug-likeness (QED) is 0.831. The largest absolute Gasteiger partial charge is 0.492 e. The first kappa shape index (κ1) is 14.0. The van der Waals surface area contributed by atoms with E-state index in [1.165, 1.54) is 0 Å². The van der Waals surface area contributed by atoms with Crippen molar-refractivity contribution in [1.82, 2.24) is 15.3 Å². The minimum absolute atomic E-state index is 0.626. The van der Waals surface area contributed by atoms with Crippen LogP contribution in [0.1, 0.15) is 11.5 Å². The summed E-state index contributed by atoms with van der Waals surface area (Å²) in [6.45, 7) is 4.02. The molecule has 0 aliphatic rings. The SMILES string of the molecule is Cc1nccc(CNCCOc2cccc(Br)c2)n1. The van der Waals surface area contributed by atoms with Crippen LogP contribution in [-0.2, 0) is 6.54 Å². The number of rotatable bonds is 6. The molecule has 4 nitrogen and oxygen atoms in total. The second kappa shape index (κ2) is 7.21. The summed E-state index contributed by atoms with van der Waals surface area (Å²) in [5, 5.41) is 3.29. The average molecular weight is 322 g/mol. The van der Waals surface area contributed by atoms with Gasteiger partial charge in [-0.3, -0.25) is 0 Å². The molecule has 0 radical (unpaired) electrons. The lowest BCUT2D eigenvalue weighted by atomic mass is 10.3. The molecule has 19 heavy (non-hydrogen) atoms. The van der Waals surface area contributed by atoms with Gasteiger partial charge >= 0.3 is 0 Å². The van der Waals surface area contributed by atoms with Crippen LogP contribution in [0.2, 0.25) is 0 Å². The summed E-state index contributed by atoms with van der Waals surface area (Å²) in [5.41, 5.74) is 0.995. The number of ether oxygens (including phenoxy) is 1. The minimum atomic E-state index is 0.626. The highest BCUT2D eigenvalue weighted by Gasteiger charge is 1.97. The number of halogens is 1. The van der Waals surface area contributed by atoms with Crippen LogP contribution in [0.15, 0.2) is 41.0 Å². The first-order chi connectivity index (χ1) is 9.24. The van der Waals surface area contributed by atoms with Gasteiger partial charge < -0.3 is 10.1 Å². The number of hydrogen-bond acceptors (Lipinski definition) is 4. The fourth-order valence-corrected chi connectivity index (χ4v) is 2.00. The Hall–Kier alpha value is -1.46. The molecular weight excluding hydrogens is 306 g/mol. The van der Waals surface area contributed by atoms with E-state index in [2.05, 4.69) is 31.2 Å². The Kier molecular flexibility index (Phi) is 5.30. The molecule has 1 heterocycles. The predicted octanol–water partition coefficient (Wildman–Crippen LogP) is 2.72. The maximum atomic E-state index is 5.62. The Labute approximate surface area is 121 Å². The van der Waals surface area contributed by atoms with Crippen molar-refractivity contribution in [3.63, 3.8) is 0 Å². The van der Waals surface area contributed by atoms with Crippen molar-refractivity contribution >= 4 is 15.9 Å². The Morgan fingerprint density at radius 1 is 1.32 bits per heavy atom. The molecule has 0 aliphatic heterocycles. The predicted molar refractivity (Wildman–Crippen MR) is 78.1 cm³/mol. The molecule has 1 aromatic carbocycles. The van der Waals surface area contributed by atoms with E-state index in [0.29, 0.717) is 6.61 Å². The third kappa shape index (κ3) is 4.96. The van der Waals surface area contributed by atoms with Crippen LogP contribution in [0.4, 0.5) is 0 Å². The van der Waals surface area contributed by atoms with Gasteiger partial charge in [0.1, 0.15) is 18.2 Å². The number of nitrogens with one attached hydrogen (secondary N) is 1. The molecule has 5 heteroatoms. The normalized spacial score (nSPS) is 10.4. The third-order valence-corrected chi connectivity index (χ3v) is 2.98. The van der Waals surface area contributed by atoms with E-state index in [4.69, 9.17) is 4.74 Å². The molecule has 0 fully saturated rings. The van der Waals surface area contributed by atoms with Crippen LogP contribution < -0.4 is 10.1 Å². The van der Waals surface area contributed by atoms with Crippen molar-refractivity contribution in [1.29, 1.82) is 0 Å². The Morgan fingerprint density at radius 2 is 2.21 bits per heavy atom. The van der Waals surface area contributed by atoms with Gasteiger partial charge in [0.2, 0.25) is 0 Å². The van der Waals surface area contributed by atoms with Gasteiger partial charge in [-0.15, -0.1) is 0 Å². The van der Waals surface area contributed by atoms with E-state index in [0.717, 1.165) is 34.8 Å². The molecule has 0 unspecified atom stereocenters. The fourth-order valence-electron chi connectivity index (χ4n) is 1.62. The zero-order valence-corrected chi connectivity index (χ0v) is 12.4. The summed E-state index contributed by atoms with van der Waals surface area (Å²) in [6.07, 6.45) is 1.78. The zero-order chi connectivity index (χ0) is 13.5. The summed E-state index contributed by atoms with van der Waals surface area (Å²) in [6, 6.07) is 9.74. The van der Waals surface area contributed by atoms with Gasteiger partial charge in [-0.2, -0.15) is 0 Å². The van der Waals surface area contributed by atoms with Gasteiger partial charge in [-0.25, -0.2) is 9.97 Å². The molecule has 1 N–H and O–H groups in total. The molecular formula is C14H16BrN3O. The van der Waals surface area contributed by atoms with Crippen LogP contribution in [0, 0.1) is 6.92 Å². The van der Waals surface area contributed by atoms with E-state index in [1.807, 2.05) is 37.3 Å². The number of aromatic nitrogens is 2. The van der Waals surface area contributed by atoms with E-state index >= 15 is 0 Å². The lowest BCUT2D eigenvalue weighted by molar-refractivity contribution is 0.313. The van der Waals surface area contributed by atoms with Crippen molar-refractivity contribution < 1.29 is 4.74 Å². The smallest absolute Gasteiger partial charge is 0.125 e. The molecule has 2 aromatic rings. The van der Waals surface area contributed by atoms with E-state index in [9.17, 15) is 0 Å². The topological polar surface area (TPSA) is 47.0 Å². The third-order valence-electron chi connectivity index (χ3n) is 2.48. The van der Waals surface area contributed by atoms with Crippen LogP contribution in [-0.4, -0.2) is 23.1 Å². The van der Waals surface area contributed by atoms with Crippen molar-refractivity contribution in [3.05, 3.63) is 52.5 Å². The Bertz CT molecular complexity index is 486. The number of nitrogens with zero attached hydrogens (tertiary/aromatic N) is 2. The second-order valence-electron chi connectivity index (χ2n) is 4.08. The summed E-state index contributed by atoms with van der Waals surface area (Å²) in [4.78, 5) is 8.38. The molecule has 100 valence electrons. The fraction of sp³-hybridized carbons (Fsp3) is 0.286. The van der Waals surface area contributed by atoms with Gasteiger partial charge in [0.05, 0.1) is 5.69 Å². The first-order valence-corrected chi connectivity index (χ1v) is 6.91. The molecule has 0 amide bonds. The average Bonchev–Trinajstić information content (AvgIpc) is 2.38. The summed E-state index contributed by atoms with van der Waals surface area (Å²) in [7, 11) is 0. The number of aryl methyl sites for hydroxylation is 1.